The largest absolute Gasteiger partial charge is 0.307 e. The number of H-pyrrole nitrogens is 2. The summed E-state index contributed by atoms with van der Waals surface area (Å²) in [4.78, 5) is -0.0430. The molecule has 0 saturated heterocycles. The van der Waals surface area contributed by atoms with Crippen LogP contribution in [0.1, 0.15) is 17.0 Å². The number of nitrogens with one attached hydrogen (secondary N) is 3. The molecule has 0 saturated carbocycles. The smallest absolute Gasteiger partial charge is 0.238 e. The molecule has 154 valence electrons. The molecule has 0 spiro atoms. The summed E-state index contributed by atoms with van der Waals surface area (Å²) in [5.74, 6) is 0.231. The van der Waals surface area contributed by atoms with Gasteiger partial charge in [-0.15, -0.1) is 5.10 Å². The maximum absolute atomic E-state index is 12.1. The maximum atomic E-state index is 12.1. The topological polar surface area (TPSA) is 155 Å². The van der Waals surface area contributed by atoms with E-state index >= 15 is 0 Å². The molecule has 30 heavy (non-hydrogen) atoms. The zero-order valence-corrected chi connectivity index (χ0v) is 16.9. The molecule has 0 atom stereocenters. The molecule has 0 aliphatic carbocycles. The van der Waals surface area contributed by atoms with E-state index in [4.69, 9.17) is 5.14 Å². The lowest BCUT2D eigenvalue weighted by Gasteiger charge is -2.12. The number of hydrogen-bond donors (Lipinski definition) is 4. The molecule has 4 rings (SSSR count). The fourth-order valence-corrected chi connectivity index (χ4v) is 3.98. The third kappa shape index (κ3) is 4.27. The quantitative estimate of drug-likeness (QED) is 0.350. The van der Waals surface area contributed by atoms with Gasteiger partial charge in [-0.05, 0) is 46.2 Å². The van der Waals surface area contributed by atoms with E-state index in [-0.39, 0.29) is 10.7 Å². The van der Waals surface area contributed by atoms with Crippen molar-refractivity contribution in [3.05, 3.63) is 65.5 Å². The molecule has 2 aromatic carbocycles. The van der Waals surface area contributed by atoms with Gasteiger partial charge in [0.05, 0.1) is 10.6 Å². The fraction of sp³-hybridized carbons (Fsp3) is 0.158. The van der Waals surface area contributed by atoms with Crippen LogP contribution in [0.2, 0.25) is 0 Å². The summed E-state index contributed by atoms with van der Waals surface area (Å²) >= 11 is 0. The highest BCUT2D eigenvalue weighted by molar-refractivity contribution is 7.89. The Kier molecular flexibility index (Phi) is 5.40. The monoisotopic (exact) mass is 424 g/mol. The van der Waals surface area contributed by atoms with Crippen molar-refractivity contribution in [2.24, 2.45) is 5.14 Å². The van der Waals surface area contributed by atoms with Gasteiger partial charge in [0.25, 0.3) is 0 Å². The second-order valence-corrected chi connectivity index (χ2v) is 8.35. The van der Waals surface area contributed by atoms with Gasteiger partial charge in [-0.2, -0.15) is 5.10 Å². The molecule has 0 radical (unpaired) electrons. The van der Waals surface area contributed by atoms with Gasteiger partial charge in [0.15, 0.2) is 5.82 Å². The van der Waals surface area contributed by atoms with E-state index in [0.29, 0.717) is 24.2 Å². The van der Waals surface area contributed by atoms with Crippen molar-refractivity contribution < 1.29 is 8.42 Å². The van der Waals surface area contributed by atoms with Crippen molar-refractivity contribution in [3.63, 3.8) is 0 Å². The molecule has 0 unspecified atom stereocenters. The van der Waals surface area contributed by atoms with Gasteiger partial charge in [-0.3, -0.25) is 5.10 Å². The predicted octanol–water partition coefficient (Wildman–Crippen LogP) is 1.50. The molecule has 0 aliphatic rings. The first-order valence-corrected chi connectivity index (χ1v) is 10.7. The molecule has 0 bridgehead atoms. The standard InChI is InChI=1S/C19H20N8O2S/c1-12-9-15(23-22-12)11-21-10-13-5-7-14(8-6-13)16-3-2-4-17(30(20,28)29)18(16)19-24-26-27-25-19/h2-9,21H,10-11H2,1H3,(H,22,23)(H2,20,28,29)(H,24,25,26,27). The van der Waals surface area contributed by atoms with Crippen molar-refractivity contribution in [1.82, 2.24) is 36.1 Å². The molecule has 0 amide bonds. The number of nitrogens with zero attached hydrogens (tertiary/aromatic N) is 4. The minimum atomic E-state index is -3.97. The van der Waals surface area contributed by atoms with E-state index in [0.717, 1.165) is 22.5 Å². The third-order valence-corrected chi connectivity index (χ3v) is 5.53. The Hall–Kier alpha value is -3.41. The van der Waals surface area contributed by atoms with Gasteiger partial charge in [0, 0.05) is 24.3 Å². The van der Waals surface area contributed by atoms with Crippen LogP contribution in [0.4, 0.5) is 0 Å². The first-order valence-electron chi connectivity index (χ1n) is 9.12. The van der Waals surface area contributed by atoms with Crippen LogP contribution in [0.5, 0.6) is 0 Å². The van der Waals surface area contributed by atoms with Crippen LogP contribution in [0.3, 0.4) is 0 Å². The van der Waals surface area contributed by atoms with Gasteiger partial charge in [-0.1, -0.05) is 36.4 Å². The van der Waals surface area contributed by atoms with E-state index in [2.05, 4.69) is 36.1 Å². The predicted molar refractivity (Wildman–Crippen MR) is 110 cm³/mol. The zero-order chi connectivity index (χ0) is 21.1. The van der Waals surface area contributed by atoms with E-state index < -0.39 is 10.0 Å². The number of hydrogen-bond acceptors (Lipinski definition) is 7. The second-order valence-electron chi connectivity index (χ2n) is 6.82. The first kappa shape index (κ1) is 19.9. The Balaban J connectivity index is 1.60. The average molecular weight is 424 g/mol. The number of primary sulfonamides is 1. The lowest BCUT2D eigenvalue weighted by Crippen LogP contribution is -2.14. The minimum absolute atomic E-state index is 0.0430. The van der Waals surface area contributed by atoms with Gasteiger partial charge < -0.3 is 5.32 Å². The summed E-state index contributed by atoms with van der Waals surface area (Å²) in [6.07, 6.45) is 0. The second kappa shape index (κ2) is 8.14. The van der Waals surface area contributed by atoms with Gasteiger partial charge in [-0.25, -0.2) is 18.7 Å². The molecule has 0 aliphatic heterocycles. The van der Waals surface area contributed by atoms with E-state index in [1.54, 1.807) is 12.1 Å². The highest BCUT2D eigenvalue weighted by Gasteiger charge is 2.21. The first-order chi connectivity index (χ1) is 14.4. The number of aromatic nitrogens is 6. The van der Waals surface area contributed by atoms with E-state index in [1.165, 1.54) is 6.07 Å². The normalized spacial score (nSPS) is 11.7. The Morgan fingerprint density at radius 2 is 1.87 bits per heavy atom. The fourth-order valence-electron chi connectivity index (χ4n) is 3.22. The molecule has 11 heteroatoms. The number of rotatable bonds is 7. The number of benzene rings is 2. The maximum Gasteiger partial charge on any atom is 0.238 e. The van der Waals surface area contributed by atoms with Crippen LogP contribution in [0.25, 0.3) is 22.5 Å². The third-order valence-electron chi connectivity index (χ3n) is 4.57. The van der Waals surface area contributed by atoms with Crippen molar-refractivity contribution in [2.75, 3.05) is 0 Å². The molecule has 0 fully saturated rings. The van der Waals surface area contributed by atoms with Crippen molar-refractivity contribution in [3.8, 4) is 22.5 Å². The van der Waals surface area contributed by atoms with Crippen LogP contribution in [0, 0.1) is 6.92 Å². The number of nitrogens with two attached hydrogens (primary N) is 1. The van der Waals surface area contributed by atoms with Crippen LogP contribution >= 0.6 is 0 Å². The molecule has 2 aromatic heterocycles. The number of aromatic amines is 2. The summed E-state index contributed by atoms with van der Waals surface area (Å²) in [7, 11) is -3.97. The average Bonchev–Trinajstić information content (AvgIpc) is 3.39. The summed E-state index contributed by atoms with van der Waals surface area (Å²) in [6, 6.07) is 14.7. The van der Waals surface area contributed by atoms with Crippen molar-refractivity contribution in [2.45, 2.75) is 24.9 Å². The molecule has 10 nitrogen and oxygen atoms in total. The summed E-state index contributed by atoms with van der Waals surface area (Å²) < 4.78 is 24.2. The van der Waals surface area contributed by atoms with E-state index in [1.807, 2.05) is 37.3 Å². The summed E-state index contributed by atoms with van der Waals surface area (Å²) in [6.45, 7) is 3.29. The Labute approximate surface area is 173 Å². The van der Waals surface area contributed by atoms with Crippen LogP contribution < -0.4 is 10.5 Å². The lowest BCUT2D eigenvalue weighted by atomic mass is 9.98. The van der Waals surface area contributed by atoms with Crippen molar-refractivity contribution in [1.29, 1.82) is 0 Å². The van der Waals surface area contributed by atoms with Gasteiger partial charge >= 0.3 is 0 Å². The summed E-state index contributed by atoms with van der Waals surface area (Å²) in [5, 5.41) is 29.5. The Bertz CT molecular complexity index is 1250. The minimum Gasteiger partial charge on any atom is -0.307 e. The molecular formula is C19H20N8O2S. The highest BCUT2D eigenvalue weighted by atomic mass is 32.2. The Morgan fingerprint density at radius 1 is 1.07 bits per heavy atom. The molecule has 5 N–H and O–H groups in total. The van der Waals surface area contributed by atoms with Crippen LogP contribution in [0.15, 0.2) is 53.4 Å². The van der Waals surface area contributed by atoms with Gasteiger partial charge in [0.1, 0.15) is 0 Å². The van der Waals surface area contributed by atoms with Crippen LogP contribution in [-0.4, -0.2) is 39.2 Å². The number of aryl methyl sites for hydroxylation is 1. The highest BCUT2D eigenvalue weighted by Crippen LogP contribution is 2.34. The van der Waals surface area contributed by atoms with Crippen LogP contribution in [-0.2, 0) is 23.1 Å². The van der Waals surface area contributed by atoms with Gasteiger partial charge in [0.2, 0.25) is 10.0 Å². The van der Waals surface area contributed by atoms with E-state index in [9.17, 15) is 8.42 Å². The lowest BCUT2D eigenvalue weighted by molar-refractivity contribution is 0.598. The zero-order valence-electron chi connectivity index (χ0n) is 16.1. The number of sulfonamides is 1. The molecule has 2 heterocycles. The molecular weight excluding hydrogens is 404 g/mol. The molecule has 4 aromatic rings. The van der Waals surface area contributed by atoms with Crippen molar-refractivity contribution >= 4 is 10.0 Å². The summed E-state index contributed by atoms with van der Waals surface area (Å²) in [5.41, 5.74) is 4.87. The Morgan fingerprint density at radius 3 is 2.50 bits per heavy atom. The SMILES string of the molecule is Cc1cc(CNCc2ccc(-c3cccc(S(N)(=O)=O)c3-c3nnn[nH]3)cc2)n[nH]1. The number of tetrazole rings is 1.